The Morgan fingerprint density at radius 2 is 1.75 bits per heavy atom. The van der Waals surface area contributed by atoms with E-state index in [1.54, 1.807) is 0 Å². The zero-order valence-corrected chi connectivity index (χ0v) is 23.5. The Morgan fingerprint density at radius 3 is 2.45 bits per heavy atom. The lowest BCUT2D eigenvalue weighted by molar-refractivity contribution is -0.122. The highest BCUT2D eigenvalue weighted by atomic mass is 32.2. The molecule has 8 nitrogen and oxygen atoms in total. The number of pyridine rings is 1. The summed E-state index contributed by atoms with van der Waals surface area (Å²) >= 11 is 1.91. The monoisotopic (exact) mass is 557 g/mol. The fraction of sp³-hybridized carbons (Fsp3) is 0.323. The third kappa shape index (κ3) is 6.16. The smallest absolute Gasteiger partial charge is 0.290 e. The zero-order chi connectivity index (χ0) is 27.9. The Balaban J connectivity index is 0.00000103. The van der Waals surface area contributed by atoms with Crippen LogP contribution in [0.15, 0.2) is 72.8 Å². The van der Waals surface area contributed by atoms with Gasteiger partial charge in [-0.05, 0) is 42.4 Å². The van der Waals surface area contributed by atoms with E-state index in [1.807, 2.05) is 47.0 Å². The van der Waals surface area contributed by atoms with Crippen molar-refractivity contribution in [3.63, 3.8) is 0 Å². The predicted octanol–water partition coefficient (Wildman–Crippen LogP) is 5.00. The SMILES string of the molecule is CCN1CCN(c2ccc(-c3ccc4cc(C(=O)N5CCSCC5c5ccccc5)[nH]c4n3)cc2)CC1.O=CO. The fourth-order valence-electron chi connectivity index (χ4n) is 5.40. The van der Waals surface area contributed by atoms with Gasteiger partial charge in [0.15, 0.2) is 0 Å². The van der Waals surface area contributed by atoms with Crippen molar-refractivity contribution in [3.8, 4) is 11.3 Å². The topological polar surface area (TPSA) is 92.8 Å². The molecule has 1 unspecified atom stereocenters. The Morgan fingerprint density at radius 1 is 1.02 bits per heavy atom. The van der Waals surface area contributed by atoms with Gasteiger partial charge in [0, 0.05) is 60.9 Å². The molecule has 9 heteroatoms. The highest BCUT2D eigenvalue weighted by Crippen LogP contribution is 2.31. The maximum absolute atomic E-state index is 13.6. The van der Waals surface area contributed by atoms with Crippen molar-refractivity contribution < 1.29 is 14.7 Å². The van der Waals surface area contributed by atoms with Crippen LogP contribution in [0.5, 0.6) is 0 Å². The largest absolute Gasteiger partial charge is 0.483 e. The molecule has 2 aliphatic heterocycles. The van der Waals surface area contributed by atoms with Gasteiger partial charge in [-0.2, -0.15) is 11.8 Å². The molecular formula is C31H35N5O3S. The van der Waals surface area contributed by atoms with Crippen molar-refractivity contribution in [1.29, 1.82) is 0 Å². The number of anilines is 1. The van der Waals surface area contributed by atoms with Gasteiger partial charge in [-0.3, -0.25) is 9.59 Å². The van der Waals surface area contributed by atoms with Crippen LogP contribution >= 0.6 is 11.8 Å². The van der Waals surface area contributed by atoms with E-state index in [0.717, 1.165) is 73.1 Å². The number of aromatic amines is 1. The summed E-state index contributed by atoms with van der Waals surface area (Å²) in [6, 6.07) is 25.2. The number of rotatable bonds is 5. The number of likely N-dealkylation sites (N-methyl/N-ethyl adjacent to an activating group) is 1. The first-order valence-corrected chi connectivity index (χ1v) is 14.9. The van der Waals surface area contributed by atoms with Crippen LogP contribution in [0.3, 0.4) is 0 Å². The van der Waals surface area contributed by atoms with Gasteiger partial charge in [-0.25, -0.2) is 4.98 Å². The number of H-pyrrole nitrogens is 1. The first-order valence-electron chi connectivity index (χ1n) is 13.7. The lowest BCUT2D eigenvalue weighted by Crippen LogP contribution is -2.46. The molecule has 0 bridgehead atoms. The summed E-state index contributed by atoms with van der Waals surface area (Å²) in [6.07, 6.45) is 0. The van der Waals surface area contributed by atoms with Gasteiger partial charge in [0.05, 0.1) is 11.7 Å². The molecule has 4 aromatic rings. The predicted molar refractivity (Wildman–Crippen MR) is 162 cm³/mol. The second-order valence-electron chi connectivity index (χ2n) is 9.89. The minimum atomic E-state index is -0.250. The van der Waals surface area contributed by atoms with Crippen LogP contribution in [0.4, 0.5) is 5.69 Å². The van der Waals surface area contributed by atoms with Gasteiger partial charge in [0.1, 0.15) is 11.3 Å². The lowest BCUT2D eigenvalue weighted by atomic mass is 10.1. The van der Waals surface area contributed by atoms with Crippen molar-refractivity contribution in [2.24, 2.45) is 0 Å². The summed E-state index contributed by atoms with van der Waals surface area (Å²) in [4.78, 5) is 37.1. The molecule has 208 valence electrons. The number of amides is 1. The van der Waals surface area contributed by atoms with E-state index >= 15 is 0 Å². The van der Waals surface area contributed by atoms with Crippen LogP contribution in [0, 0.1) is 0 Å². The van der Waals surface area contributed by atoms with Crippen LogP contribution in [0.25, 0.3) is 22.3 Å². The molecule has 0 radical (unpaired) electrons. The number of nitrogens with zero attached hydrogens (tertiary/aromatic N) is 4. The van der Waals surface area contributed by atoms with Gasteiger partial charge < -0.3 is 24.8 Å². The van der Waals surface area contributed by atoms with Crippen LogP contribution < -0.4 is 4.90 Å². The number of nitrogens with one attached hydrogen (secondary N) is 1. The fourth-order valence-corrected chi connectivity index (χ4v) is 6.49. The van der Waals surface area contributed by atoms with Gasteiger partial charge in [0.2, 0.25) is 0 Å². The molecule has 40 heavy (non-hydrogen) atoms. The molecule has 1 atom stereocenters. The Hall–Kier alpha value is -3.82. The van der Waals surface area contributed by atoms with Gasteiger partial charge in [0.25, 0.3) is 12.4 Å². The molecule has 2 N–H and O–H groups in total. The van der Waals surface area contributed by atoms with Gasteiger partial charge in [-0.15, -0.1) is 0 Å². The number of hydrogen-bond acceptors (Lipinski definition) is 6. The molecule has 2 aromatic carbocycles. The van der Waals surface area contributed by atoms with Crippen molar-refractivity contribution in [3.05, 3.63) is 84.1 Å². The van der Waals surface area contributed by atoms with E-state index in [1.165, 1.54) is 11.3 Å². The van der Waals surface area contributed by atoms with Crippen molar-refractivity contribution in [1.82, 2.24) is 19.8 Å². The molecule has 1 amide bonds. The van der Waals surface area contributed by atoms with E-state index < -0.39 is 0 Å². The molecule has 4 heterocycles. The Labute approximate surface area is 239 Å². The third-order valence-electron chi connectivity index (χ3n) is 7.63. The minimum Gasteiger partial charge on any atom is -0.483 e. The number of carbonyl (C=O) groups excluding carboxylic acids is 1. The number of carbonyl (C=O) groups is 2. The molecule has 2 saturated heterocycles. The maximum Gasteiger partial charge on any atom is 0.290 e. The zero-order valence-electron chi connectivity index (χ0n) is 22.7. The van der Waals surface area contributed by atoms with Crippen LogP contribution in [0.2, 0.25) is 0 Å². The molecule has 2 aliphatic rings. The van der Waals surface area contributed by atoms with E-state index in [-0.39, 0.29) is 18.4 Å². The molecule has 0 saturated carbocycles. The first-order chi connectivity index (χ1) is 19.6. The van der Waals surface area contributed by atoms with Crippen molar-refractivity contribution in [2.75, 3.05) is 55.7 Å². The van der Waals surface area contributed by atoms with E-state index in [4.69, 9.17) is 14.9 Å². The molecule has 2 aromatic heterocycles. The Bertz CT molecular complexity index is 1420. The Kier molecular flexibility index (Phi) is 9.03. The van der Waals surface area contributed by atoms with Gasteiger partial charge >= 0.3 is 0 Å². The number of piperazine rings is 1. The van der Waals surface area contributed by atoms with E-state index in [0.29, 0.717) is 5.69 Å². The number of fused-ring (bicyclic) bond motifs is 1. The van der Waals surface area contributed by atoms with E-state index in [9.17, 15) is 4.79 Å². The number of hydrogen-bond donors (Lipinski definition) is 2. The normalized spacial score (nSPS) is 17.8. The summed E-state index contributed by atoms with van der Waals surface area (Å²) in [5.41, 5.74) is 5.80. The summed E-state index contributed by atoms with van der Waals surface area (Å²) < 4.78 is 0. The number of carboxylic acid groups (broad SMARTS) is 1. The summed E-state index contributed by atoms with van der Waals surface area (Å²) in [6.45, 7) is 8.22. The second-order valence-corrected chi connectivity index (χ2v) is 11.0. The number of thioether (sulfide) groups is 1. The summed E-state index contributed by atoms with van der Waals surface area (Å²) in [5, 5.41) is 7.85. The summed E-state index contributed by atoms with van der Waals surface area (Å²) in [7, 11) is 0. The lowest BCUT2D eigenvalue weighted by Gasteiger charge is -2.35. The van der Waals surface area contributed by atoms with Crippen LogP contribution in [-0.2, 0) is 4.79 Å². The highest BCUT2D eigenvalue weighted by Gasteiger charge is 2.30. The summed E-state index contributed by atoms with van der Waals surface area (Å²) in [5.74, 6) is 1.92. The molecule has 0 spiro atoms. The van der Waals surface area contributed by atoms with Gasteiger partial charge in [-0.1, -0.05) is 49.4 Å². The molecule has 6 rings (SSSR count). The standard InChI is InChI=1S/C30H33N5OS.CH2O2/c1-2-33-14-16-34(17-15-33)25-11-8-22(9-12-25)26-13-10-24-20-27(32-29(24)31-26)30(36)35-18-19-37-21-28(35)23-6-4-3-5-7-23;2-1-3/h3-13,20,28H,2,14-19,21H2,1H3,(H,31,32);1H,(H,2,3). The van der Waals surface area contributed by atoms with Crippen LogP contribution in [0.1, 0.15) is 29.0 Å². The molecule has 0 aliphatic carbocycles. The first kappa shape index (κ1) is 27.7. The third-order valence-corrected chi connectivity index (χ3v) is 8.65. The minimum absolute atomic E-state index is 0.0428. The maximum atomic E-state index is 13.6. The average molecular weight is 558 g/mol. The highest BCUT2D eigenvalue weighted by molar-refractivity contribution is 7.99. The number of benzene rings is 2. The second kappa shape index (κ2) is 13.0. The molecule has 2 fully saturated rings. The van der Waals surface area contributed by atoms with Crippen molar-refractivity contribution in [2.45, 2.75) is 13.0 Å². The number of aromatic nitrogens is 2. The molecular weight excluding hydrogens is 522 g/mol. The van der Waals surface area contributed by atoms with E-state index in [2.05, 4.69) is 64.2 Å². The average Bonchev–Trinajstić information content (AvgIpc) is 3.45. The van der Waals surface area contributed by atoms with Crippen molar-refractivity contribution >= 4 is 40.9 Å². The van der Waals surface area contributed by atoms with Crippen LogP contribution in [-0.4, -0.2) is 88.0 Å². The quantitative estimate of drug-likeness (QED) is 0.334.